The highest BCUT2D eigenvalue weighted by Crippen LogP contribution is 1.79. The second-order valence-electron chi connectivity index (χ2n) is 1.17. The van der Waals surface area contributed by atoms with Crippen molar-refractivity contribution in [1.82, 2.24) is 4.90 Å². The molecule has 4 nitrogen and oxygen atoms in total. The summed E-state index contributed by atoms with van der Waals surface area (Å²) in [6, 6.07) is 0. The van der Waals surface area contributed by atoms with Crippen LogP contribution in [0.1, 0.15) is 6.92 Å². The SMILES string of the molecule is CCN(C=O)C(=O)O.Cl. The van der Waals surface area contributed by atoms with Crippen LogP contribution in [0.5, 0.6) is 0 Å². The van der Waals surface area contributed by atoms with Gasteiger partial charge in [-0.1, -0.05) is 0 Å². The Hall–Kier alpha value is -0.770. The minimum absolute atomic E-state index is 0. The maximum absolute atomic E-state index is 9.86. The Kier molecular flexibility index (Phi) is 6.61. The van der Waals surface area contributed by atoms with Crippen molar-refractivity contribution in [2.24, 2.45) is 0 Å². The molecule has 1 N–H and O–H groups in total. The van der Waals surface area contributed by atoms with Gasteiger partial charge in [-0.05, 0) is 6.92 Å². The molecule has 0 atom stereocenters. The van der Waals surface area contributed by atoms with Gasteiger partial charge in [-0.3, -0.25) is 9.69 Å². The van der Waals surface area contributed by atoms with Gasteiger partial charge in [-0.2, -0.15) is 0 Å². The summed E-state index contributed by atoms with van der Waals surface area (Å²) < 4.78 is 0. The Morgan fingerprint density at radius 1 is 1.78 bits per heavy atom. The van der Waals surface area contributed by atoms with Gasteiger partial charge in [0.1, 0.15) is 0 Å². The van der Waals surface area contributed by atoms with E-state index in [0.29, 0.717) is 4.90 Å². The van der Waals surface area contributed by atoms with Crippen LogP contribution >= 0.6 is 12.4 Å². The number of rotatable bonds is 2. The number of carbonyl (C=O) groups is 2. The lowest BCUT2D eigenvalue weighted by Gasteiger charge is -2.04. The molecule has 0 aliphatic heterocycles. The highest BCUT2D eigenvalue weighted by Gasteiger charge is 2.04. The second kappa shape index (κ2) is 5.37. The third kappa shape index (κ3) is 3.78. The predicted molar refractivity (Wildman–Crippen MR) is 33.7 cm³/mol. The first kappa shape index (κ1) is 11.1. The van der Waals surface area contributed by atoms with Gasteiger partial charge in [0.2, 0.25) is 6.41 Å². The van der Waals surface area contributed by atoms with Crippen LogP contribution in [0.3, 0.4) is 0 Å². The topological polar surface area (TPSA) is 57.6 Å². The van der Waals surface area contributed by atoms with E-state index in [4.69, 9.17) is 5.11 Å². The molecule has 0 aromatic rings. The van der Waals surface area contributed by atoms with E-state index < -0.39 is 6.09 Å². The molecule has 0 bridgehead atoms. The number of carbonyl (C=O) groups excluding carboxylic acids is 1. The molecule has 0 radical (unpaired) electrons. The van der Waals surface area contributed by atoms with E-state index in [-0.39, 0.29) is 25.4 Å². The fourth-order valence-corrected chi connectivity index (χ4v) is 0.255. The molecule has 0 aromatic heterocycles. The lowest BCUT2D eigenvalue weighted by Crippen LogP contribution is -2.26. The van der Waals surface area contributed by atoms with Gasteiger partial charge >= 0.3 is 6.09 Å². The molecule has 0 rings (SSSR count). The first-order valence-electron chi connectivity index (χ1n) is 2.17. The molecule has 0 fully saturated rings. The summed E-state index contributed by atoms with van der Waals surface area (Å²) in [6.07, 6.45) is -0.926. The van der Waals surface area contributed by atoms with Crippen molar-refractivity contribution in [3.63, 3.8) is 0 Å². The third-order valence-electron chi connectivity index (χ3n) is 0.714. The fraction of sp³-hybridized carbons (Fsp3) is 0.500. The van der Waals surface area contributed by atoms with Crippen LogP contribution in [0.15, 0.2) is 0 Å². The van der Waals surface area contributed by atoms with Crippen LogP contribution in [0.2, 0.25) is 0 Å². The second-order valence-corrected chi connectivity index (χ2v) is 1.17. The first-order valence-corrected chi connectivity index (χ1v) is 2.17. The highest BCUT2D eigenvalue weighted by atomic mass is 35.5. The molecule has 0 aliphatic carbocycles. The Morgan fingerprint density at radius 2 is 2.22 bits per heavy atom. The quantitative estimate of drug-likeness (QED) is 0.590. The van der Waals surface area contributed by atoms with Crippen LogP contribution in [-0.4, -0.2) is 29.1 Å². The molecule has 0 unspecified atom stereocenters. The lowest BCUT2D eigenvalue weighted by molar-refractivity contribution is -0.116. The summed E-state index contributed by atoms with van der Waals surface area (Å²) in [5.41, 5.74) is 0. The van der Waals surface area contributed by atoms with Crippen LogP contribution < -0.4 is 0 Å². The average molecular weight is 154 g/mol. The fourth-order valence-electron chi connectivity index (χ4n) is 0.255. The van der Waals surface area contributed by atoms with E-state index in [1.807, 2.05) is 0 Å². The van der Waals surface area contributed by atoms with Gasteiger partial charge < -0.3 is 5.11 Å². The summed E-state index contributed by atoms with van der Waals surface area (Å²) in [5.74, 6) is 0. The van der Waals surface area contributed by atoms with Crippen molar-refractivity contribution in [2.75, 3.05) is 6.54 Å². The number of imide groups is 1. The summed E-state index contributed by atoms with van der Waals surface area (Å²) in [6.45, 7) is 1.79. The number of hydrogen-bond donors (Lipinski definition) is 1. The molecule has 0 heterocycles. The van der Waals surface area contributed by atoms with E-state index in [9.17, 15) is 9.59 Å². The molecule has 0 aromatic carbocycles. The van der Waals surface area contributed by atoms with Gasteiger partial charge in [0.05, 0.1) is 0 Å². The standard InChI is InChI=1S/C4H7NO3.ClH/c1-2-5(3-6)4(7)8;/h3H,2H2,1H3,(H,7,8);1H. The third-order valence-corrected chi connectivity index (χ3v) is 0.714. The van der Waals surface area contributed by atoms with Crippen molar-refractivity contribution < 1.29 is 14.7 Å². The molecule has 54 valence electrons. The summed E-state index contributed by atoms with van der Waals surface area (Å²) >= 11 is 0. The van der Waals surface area contributed by atoms with Crippen molar-refractivity contribution in [3.05, 3.63) is 0 Å². The van der Waals surface area contributed by atoms with Gasteiger partial charge in [0.25, 0.3) is 0 Å². The molecule has 2 amide bonds. The maximum atomic E-state index is 9.86. The summed E-state index contributed by atoms with van der Waals surface area (Å²) in [5, 5.41) is 8.07. The maximum Gasteiger partial charge on any atom is 0.413 e. The predicted octanol–water partition coefficient (Wildman–Crippen LogP) is 0.565. The van der Waals surface area contributed by atoms with Gasteiger partial charge in [-0.15, -0.1) is 12.4 Å². The van der Waals surface area contributed by atoms with Crippen LogP contribution in [0, 0.1) is 0 Å². The lowest BCUT2D eigenvalue weighted by atomic mass is 10.7. The molecule has 0 spiro atoms. The molecule has 0 saturated heterocycles. The number of carboxylic acid groups (broad SMARTS) is 1. The Balaban J connectivity index is 0. The van der Waals surface area contributed by atoms with E-state index in [0.717, 1.165) is 0 Å². The first-order chi connectivity index (χ1) is 3.72. The molecule has 5 heteroatoms. The number of hydrogen-bond acceptors (Lipinski definition) is 2. The summed E-state index contributed by atoms with van der Waals surface area (Å²) in [7, 11) is 0. The molecule has 0 aliphatic rings. The van der Waals surface area contributed by atoms with Gasteiger partial charge in [0.15, 0.2) is 0 Å². The zero-order valence-corrected chi connectivity index (χ0v) is 5.72. The van der Waals surface area contributed by atoms with Gasteiger partial charge in [-0.25, -0.2) is 4.79 Å². The Bertz CT molecular complexity index is 106. The van der Waals surface area contributed by atoms with Crippen LogP contribution in [0.25, 0.3) is 0 Å². The van der Waals surface area contributed by atoms with E-state index in [1.54, 1.807) is 6.92 Å². The highest BCUT2D eigenvalue weighted by molar-refractivity contribution is 5.85. The number of nitrogens with zero attached hydrogens (tertiary/aromatic N) is 1. The monoisotopic (exact) mass is 153 g/mol. The zero-order valence-electron chi connectivity index (χ0n) is 4.90. The Morgan fingerprint density at radius 3 is 2.22 bits per heavy atom. The molecule has 0 saturated carbocycles. The van der Waals surface area contributed by atoms with Crippen molar-refractivity contribution in [3.8, 4) is 0 Å². The normalized spacial score (nSPS) is 7.22. The van der Waals surface area contributed by atoms with Crippen molar-refractivity contribution >= 4 is 24.9 Å². The van der Waals surface area contributed by atoms with Crippen molar-refractivity contribution in [2.45, 2.75) is 6.92 Å². The summed E-state index contributed by atoms with van der Waals surface area (Å²) in [4.78, 5) is 20.2. The van der Waals surface area contributed by atoms with E-state index in [1.165, 1.54) is 0 Å². The smallest absolute Gasteiger partial charge is 0.413 e. The number of halogens is 1. The van der Waals surface area contributed by atoms with Crippen molar-refractivity contribution in [1.29, 1.82) is 0 Å². The zero-order chi connectivity index (χ0) is 6.57. The molecular formula is C4H8ClNO3. The van der Waals surface area contributed by atoms with E-state index >= 15 is 0 Å². The molecule has 9 heavy (non-hydrogen) atoms. The Labute approximate surface area is 58.9 Å². The number of amides is 2. The largest absolute Gasteiger partial charge is 0.465 e. The van der Waals surface area contributed by atoms with E-state index in [2.05, 4.69) is 0 Å². The molecular weight excluding hydrogens is 146 g/mol. The minimum atomic E-state index is -1.21. The van der Waals surface area contributed by atoms with Crippen LogP contribution in [0.4, 0.5) is 4.79 Å². The average Bonchev–Trinajstić information content (AvgIpc) is 1.69. The minimum Gasteiger partial charge on any atom is -0.465 e. The van der Waals surface area contributed by atoms with Crippen LogP contribution in [-0.2, 0) is 4.79 Å². The van der Waals surface area contributed by atoms with Gasteiger partial charge in [0, 0.05) is 6.54 Å².